The second kappa shape index (κ2) is 6.80. The molecule has 0 aliphatic heterocycles. The highest BCUT2D eigenvalue weighted by molar-refractivity contribution is 7.99. The van der Waals surface area contributed by atoms with Crippen LogP contribution < -0.4 is 16.6 Å². The molecule has 20 heavy (non-hydrogen) atoms. The van der Waals surface area contributed by atoms with E-state index in [0.29, 0.717) is 29.6 Å². The molecule has 0 aliphatic rings. The molecular formula is C12H14N4O3S. The van der Waals surface area contributed by atoms with E-state index in [-0.39, 0.29) is 17.3 Å². The van der Waals surface area contributed by atoms with Crippen LogP contribution in [-0.2, 0) is 11.3 Å². The summed E-state index contributed by atoms with van der Waals surface area (Å²) >= 11 is 1.27. The number of furan rings is 1. The molecule has 8 heteroatoms. The highest BCUT2D eigenvalue weighted by atomic mass is 32.2. The third-order valence-corrected chi connectivity index (χ3v) is 3.22. The van der Waals surface area contributed by atoms with Crippen molar-refractivity contribution in [2.24, 2.45) is 0 Å². The van der Waals surface area contributed by atoms with Gasteiger partial charge in [-0.1, -0.05) is 11.8 Å². The summed E-state index contributed by atoms with van der Waals surface area (Å²) in [5.41, 5.74) is 5.16. The number of aromatic nitrogens is 2. The third kappa shape index (κ3) is 4.47. The van der Waals surface area contributed by atoms with Crippen molar-refractivity contribution in [3.05, 3.63) is 40.6 Å². The van der Waals surface area contributed by atoms with E-state index in [1.165, 1.54) is 17.8 Å². The highest BCUT2D eigenvalue weighted by Crippen LogP contribution is 2.12. The summed E-state index contributed by atoms with van der Waals surface area (Å²) in [5, 5.41) is 3.14. The maximum atomic E-state index is 11.6. The number of nitrogens with two attached hydrogens (primary N) is 1. The van der Waals surface area contributed by atoms with Gasteiger partial charge in [0.25, 0.3) is 5.56 Å². The Bertz CT molecular complexity index is 624. The van der Waals surface area contributed by atoms with Crippen LogP contribution in [0.1, 0.15) is 12.2 Å². The molecule has 0 bridgehead atoms. The van der Waals surface area contributed by atoms with Crippen molar-refractivity contribution >= 4 is 23.5 Å². The van der Waals surface area contributed by atoms with Crippen molar-refractivity contribution in [1.29, 1.82) is 0 Å². The van der Waals surface area contributed by atoms with Crippen LogP contribution in [-0.4, -0.2) is 21.6 Å². The molecule has 4 N–H and O–H groups in total. The first-order chi connectivity index (χ1) is 9.63. The molecule has 0 atom stereocenters. The smallest absolute Gasteiger partial charge is 0.253 e. The number of H-pyrrole nitrogens is 1. The molecule has 0 saturated carbocycles. The topological polar surface area (TPSA) is 114 Å². The van der Waals surface area contributed by atoms with Gasteiger partial charge in [-0.3, -0.25) is 9.59 Å². The summed E-state index contributed by atoms with van der Waals surface area (Å²) < 4.78 is 5.10. The average molecular weight is 294 g/mol. The van der Waals surface area contributed by atoms with E-state index < -0.39 is 0 Å². The third-order valence-electron chi connectivity index (χ3n) is 2.35. The van der Waals surface area contributed by atoms with E-state index in [9.17, 15) is 9.59 Å². The number of carbonyl (C=O) groups excluding carboxylic acids is 1. The zero-order valence-electron chi connectivity index (χ0n) is 10.6. The number of rotatable bonds is 6. The Morgan fingerprint density at radius 2 is 2.40 bits per heavy atom. The predicted molar refractivity (Wildman–Crippen MR) is 75.2 cm³/mol. The molecule has 0 radical (unpaired) electrons. The molecule has 0 unspecified atom stereocenters. The van der Waals surface area contributed by atoms with Crippen LogP contribution in [0, 0.1) is 0 Å². The minimum atomic E-state index is -0.303. The molecular weight excluding hydrogens is 280 g/mol. The van der Waals surface area contributed by atoms with Crippen LogP contribution in [0.3, 0.4) is 0 Å². The Hall–Kier alpha value is -2.22. The number of nitrogens with zero attached hydrogens (tertiary/aromatic N) is 1. The lowest BCUT2D eigenvalue weighted by molar-refractivity contribution is -0.120. The van der Waals surface area contributed by atoms with Gasteiger partial charge in [0, 0.05) is 18.2 Å². The number of amides is 1. The van der Waals surface area contributed by atoms with E-state index in [1.54, 1.807) is 18.4 Å². The fourth-order valence-electron chi connectivity index (χ4n) is 1.45. The minimum Gasteiger partial charge on any atom is -0.467 e. The van der Waals surface area contributed by atoms with E-state index in [0.717, 1.165) is 0 Å². The molecule has 0 aromatic carbocycles. The lowest BCUT2D eigenvalue weighted by Crippen LogP contribution is -2.22. The number of carbonyl (C=O) groups is 1. The zero-order chi connectivity index (χ0) is 14.4. The molecule has 1 amide bonds. The summed E-state index contributed by atoms with van der Waals surface area (Å²) in [5.74, 6) is 1.27. The number of aromatic amines is 1. The number of anilines is 1. The monoisotopic (exact) mass is 294 g/mol. The highest BCUT2D eigenvalue weighted by Gasteiger charge is 2.05. The largest absolute Gasteiger partial charge is 0.467 e. The Balaban J connectivity index is 1.72. The van der Waals surface area contributed by atoms with Crippen LogP contribution in [0.15, 0.2) is 38.8 Å². The maximum absolute atomic E-state index is 11.6. The lowest BCUT2D eigenvalue weighted by Gasteiger charge is -2.03. The molecule has 0 fully saturated rings. The van der Waals surface area contributed by atoms with E-state index >= 15 is 0 Å². The van der Waals surface area contributed by atoms with Crippen LogP contribution >= 0.6 is 11.8 Å². The fourth-order valence-corrected chi connectivity index (χ4v) is 2.27. The molecule has 2 heterocycles. The van der Waals surface area contributed by atoms with Gasteiger partial charge in [-0.2, -0.15) is 0 Å². The van der Waals surface area contributed by atoms with Gasteiger partial charge in [0.15, 0.2) is 5.16 Å². The summed E-state index contributed by atoms with van der Waals surface area (Å²) in [6, 6.07) is 4.76. The summed E-state index contributed by atoms with van der Waals surface area (Å²) in [4.78, 5) is 29.2. The molecule has 2 aromatic heterocycles. The quantitative estimate of drug-likeness (QED) is 0.535. The minimum absolute atomic E-state index is 0.0971. The molecule has 7 nitrogen and oxygen atoms in total. The lowest BCUT2D eigenvalue weighted by atomic mass is 10.4. The normalized spacial score (nSPS) is 10.4. The first-order valence-electron chi connectivity index (χ1n) is 5.92. The fraction of sp³-hybridized carbons (Fsp3) is 0.250. The second-order valence-electron chi connectivity index (χ2n) is 3.93. The first kappa shape index (κ1) is 14.2. The van der Waals surface area contributed by atoms with E-state index in [4.69, 9.17) is 10.2 Å². The molecule has 0 spiro atoms. The molecule has 0 saturated heterocycles. The molecule has 106 valence electrons. The number of nitrogens with one attached hydrogen (secondary N) is 2. The van der Waals surface area contributed by atoms with Crippen molar-refractivity contribution < 1.29 is 9.21 Å². The molecule has 2 aromatic rings. The first-order valence-corrected chi connectivity index (χ1v) is 6.91. The standard InChI is InChI=1S/C12H14N4O3S/c13-9-6-11(18)16-12(15-9)20-5-3-10(17)14-7-8-2-1-4-19-8/h1-2,4,6H,3,5,7H2,(H,14,17)(H3,13,15,16,18). The van der Waals surface area contributed by atoms with E-state index in [2.05, 4.69) is 15.3 Å². The van der Waals surface area contributed by atoms with Crippen LogP contribution in [0.2, 0.25) is 0 Å². The van der Waals surface area contributed by atoms with Gasteiger partial charge >= 0.3 is 0 Å². The molecule has 2 rings (SSSR count). The van der Waals surface area contributed by atoms with Gasteiger partial charge in [0.1, 0.15) is 11.6 Å². The molecule has 0 aliphatic carbocycles. The Morgan fingerprint density at radius 3 is 3.10 bits per heavy atom. The van der Waals surface area contributed by atoms with Gasteiger partial charge in [0.2, 0.25) is 5.91 Å². The maximum Gasteiger partial charge on any atom is 0.253 e. The SMILES string of the molecule is Nc1cc(=O)[nH]c(SCCC(=O)NCc2ccco2)n1. The van der Waals surface area contributed by atoms with Crippen molar-refractivity contribution in [3.8, 4) is 0 Å². The summed E-state index contributed by atoms with van der Waals surface area (Å²) in [6.07, 6.45) is 1.86. The van der Waals surface area contributed by atoms with Gasteiger partial charge in [-0.05, 0) is 12.1 Å². The zero-order valence-corrected chi connectivity index (χ0v) is 11.4. The predicted octanol–water partition coefficient (Wildman–Crippen LogP) is 0.744. The number of thioether (sulfide) groups is 1. The van der Waals surface area contributed by atoms with Crippen molar-refractivity contribution in [1.82, 2.24) is 15.3 Å². The summed E-state index contributed by atoms with van der Waals surface area (Å²) in [6.45, 7) is 0.365. The van der Waals surface area contributed by atoms with Crippen LogP contribution in [0.5, 0.6) is 0 Å². The van der Waals surface area contributed by atoms with Gasteiger partial charge < -0.3 is 20.5 Å². The average Bonchev–Trinajstić information content (AvgIpc) is 2.88. The Kier molecular flexibility index (Phi) is 4.83. The van der Waals surface area contributed by atoms with Gasteiger partial charge in [0.05, 0.1) is 12.8 Å². The Morgan fingerprint density at radius 1 is 1.55 bits per heavy atom. The Labute approximate surface area is 119 Å². The van der Waals surface area contributed by atoms with Crippen LogP contribution in [0.4, 0.5) is 5.82 Å². The van der Waals surface area contributed by atoms with Gasteiger partial charge in [-0.15, -0.1) is 0 Å². The number of hydrogen-bond donors (Lipinski definition) is 3. The van der Waals surface area contributed by atoms with Crippen molar-refractivity contribution in [2.75, 3.05) is 11.5 Å². The number of hydrogen-bond acceptors (Lipinski definition) is 6. The second-order valence-corrected chi connectivity index (χ2v) is 5.01. The van der Waals surface area contributed by atoms with Crippen molar-refractivity contribution in [3.63, 3.8) is 0 Å². The van der Waals surface area contributed by atoms with Crippen LogP contribution in [0.25, 0.3) is 0 Å². The number of nitrogen functional groups attached to an aromatic ring is 1. The van der Waals surface area contributed by atoms with Gasteiger partial charge in [-0.25, -0.2) is 4.98 Å². The van der Waals surface area contributed by atoms with Crippen molar-refractivity contribution in [2.45, 2.75) is 18.1 Å². The summed E-state index contributed by atoms with van der Waals surface area (Å²) in [7, 11) is 0. The van der Waals surface area contributed by atoms with E-state index in [1.807, 2.05) is 0 Å².